The van der Waals surface area contributed by atoms with Crippen LogP contribution in [0.15, 0.2) is 0 Å². The van der Waals surface area contributed by atoms with Crippen molar-refractivity contribution in [3.8, 4) is 0 Å². The first kappa shape index (κ1) is 26.0. The van der Waals surface area contributed by atoms with E-state index in [1.807, 2.05) is 0 Å². The Morgan fingerprint density at radius 1 is 0.656 bits per heavy atom. The van der Waals surface area contributed by atoms with Gasteiger partial charge in [-0.05, 0) is 0 Å². The molecule has 15 heteroatoms. The van der Waals surface area contributed by atoms with E-state index in [1.165, 1.54) is 0 Å². The van der Waals surface area contributed by atoms with E-state index < -0.39 is 99.2 Å². The van der Waals surface area contributed by atoms with E-state index in [4.69, 9.17) is 23.7 Å². The summed E-state index contributed by atoms with van der Waals surface area (Å²) < 4.78 is 26.3. The summed E-state index contributed by atoms with van der Waals surface area (Å²) >= 11 is 0. The molecule has 0 radical (unpaired) electrons. The van der Waals surface area contributed by atoms with Gasteiger partial charge in [0, 0.05) is 0 Å². The summed E-state index contributed by atoms with van der Waals surface area (Å²) in [5.74, 6) is 0. The van der Waals surface area contributed by atoms with E-state index in [2.05, 4.69) is 0 Å². The smallest absolute Gasteiger partial charge is 0.187 e. The predicted octanol–water partition coefficient (Wildman–Crippen LogP) is -6.93. The molecule has 14 atom stereocenters. The second-order valence-electron chi connectivity index (χ2n) is 7.93. The minimum Gasteiger partial charge on any atom is -0.394 e. The van der Waals surface area contributed by atoms with Crippen molar-refractivity contribution >= 4 is 0 Å². The van der Waals surface area contributed by atoms with Crippen LogP contribution in [0.2, 0.25) is 0 Å². The summed E-state index contributed by atoms with van der Waals surface area (Å²) in [7, 11) is 0. The van der Waals surface area contributed by atoms with E-state index in [9.17, 15) is 51.1 Å². The second-order valence-corrected chi connectivity index (χ2v) is 7.93. The van der Waals surface area contributed by atoms with Crippen LogP contribution >= 0.6 is 0 Å². The lowest BCUT2D eigenvalue weighted by Gasteiger charge is -2.45. The molecule has 0 unspecified atom stereocenters. The van der Waals surface area contributed by atoms with Crippen LogP contribution in [0.3, 0.4) is 0 Å². The Labute approximate surface area is 181 Å². The molecule has 3 fully saturated rings. The third-order valence-electron chi connectivity index (χ3n) is 5.68. The molecule has 0 saturated carbocycles. The van der Waals surface area contributed by atoms with E-state index in [1.54, 1.807) is 0 Å². The van der Waals surface area contributed by atoms with Crippen LogP contribution in [0, 0.1) is 0 Å². The van der Waals surface area contributed by atoms with Crippen LogP contribution in [-0.4, -0.2) is 157 Å². The Morgan fingerprint density at radius 3 is 1.97 bits per heavy atom. The number of aliphatic hydroxyl groups excluding tert-OH is 10. The van der Waals surface area contributed by atoms with Crippen molar-refractivity contribution < 1.29 is 74.7 Å². The minimum atomic E-state index is -1.86. The van der Waals surface area contributed by atoms with Crippen molar-refractivity contribution in [3.63, 3.8) is 0 Å². The summed E-state index contributed by atoms with van der Waals surface area (Å²) in [4.78, 5) is 0. The third-order valence-corrected chi connectivity index (χ3v) is 5.68. The first-order valence-electron chi connectivity index (χ1n) is 9.99. The number of hydrogen-bond acceptors (Lipinski definition) is 15. The summed E-state index contributed by atoms with van der Waals surface area (Å²) in [6, 6.07) is 0. The first-order valence-corrected chi connectivity index (χ1v) is 9.99. The summed E-state index contributed by atoms with van der Waals surface area (Å²) in [5, 5.41) is 98.5. The zero-order chi connectivity index (χ0) is 23.7. The highest BCUT2D eigenvalue weighted by molar-refractivity contribution is 4.94. The predicted molar refractivity (Wildman–Crippen MR) is 95.2 cm³/mol. The highest BCUT2D eigenvalue weighted by Crippen LogP contribution is 2.29. The second kappa shape index (κ2) is 10.8. The molecular weight excluding hydrogens is 444 g/mol. The lowest BCUT2D eigenvalue weighted by Crippen LogP contribution is -2.64. The highest BCUT2D eigenvalue weighted by Gasteiger charge is 2.50. The van der Waals surface area contributed by atoms with Crippen molar-refractivity contribution in [1.82, 2.24) is 0 Å². The fourth-order valence-electron chi connectivity index (χ4n) is 3.67. The Balaban J connectivity index is 1.70. The first-order chi connectivity index (χ1) is 15.1. The van der Waals surface area contributed by atoms with Crippen LogP contribution < -0.4 is 0 Å². The van der Waals surface area contributed by atoms with Gasteiger partial charge in [0.25, 0.3) is 0 Å². The van der Waals surface area contributed by atoms with Crippen molar-refractivity contribution in [2.24, 2.45) is 0 Å². The minimum absolute atomic E-state index is 0.344. The molecule has 0 aliphatic carbocycles. The van der Waals surface area contributed by atoms with Gasteiger partial charge in [-0.1, -0.05) is 0 Å². The van der Waals surface area contributed by atoms with Crippen LogP contribution in [0.25, 0.3) is 0 Å². The molecule has 3 heterocycles. The van der Waals surface area contributed by atoms with E-state index in [-0.39, 0.29) is 6.61 Å². The van der Waals surface area contributed by atoms with E-state index in [0.717, 1.165) is 0 Å². The lowest BCUT2D eigenvalue weighted by atomic mass is 9.97. The van der Waals surface area contributed by atoms with Crippen LogP contribution in [0.1, 0.15) is 0 Å². The molecule has 0 bridgehead atoms. The molecule has 32 heavy (non-hydrogen) atoms. The van der Waals surface area contributed by atoms with Crippen molar-refractivity contribution in [1.29, 1.82) is 0 Å². The molecule has 0 spiro atoms. The Hall–Kier alpha value is -0.600. The molecular formula is C17H30O15. The average Bonchev–Trinajstić information content (AvgIpc) is 2.77. The summed E-state index contributed by atoms with van der Waals surface area (Å²) in [5.41, 5.74) is 0. The van der Waals surface area contributed by atoms with Gasteiger partial charge in [-0.15, -0.1) is 0 Å². The van der Waals surface area contributed by atoms with Gasteiger partial charge in [0.2, 0.25) is 0 Å². The van der Waals surface area contributed by atoms with Gasteiger partial charge in [0.15, 0.2) is 18.9 Å². The number of ether oxygens (including phenoxy) is 5. The quantitative estimate of drug-likeness (QED) is 0.172. The Bertz CT molecular complexity index is 594. The molecule has 3 aliphatic heterocycles. The maximum Gasteiger partial charge on any atom is 0.187 e. The summed E-state index contributed by atoms with van der Waals surface area (Å²) in [6.07, 6.45) is -22.5. The molecule has 15 nitrogen and oxygen atoms in total. The molecule has 0 aromatic rings. The molecule has 3 aliphatic rings. The van der Waals surface area contributed by atoms with Crippen LogP contribution in [0.5, 0.6) is 0 Å². The lowest BCUT2D eigenvalue weighted by molar-refractivity contribution is -0.361. The monoisotopic (exact) mass is 474 g/mol. The number of aliphatic hydroxyl groups is 10. The number of hydrogen-bond donors (Lipinski definition) is 10. The molecule has 0 aromatic carbocycles. The molecule has 3 saturated heterocycles. The maximum absolute atomic E-state index is 10.4. The third kappa shape index (κ3) is 5.22. The molecule has 0 amide bonds. The van der Waals surface area contributed by atoms with Gasteiger partial charge in [-0.3, -0.25) is 0 Å². The SMILES string of the molecule is OC[C@H]1O[C@@H](O[C@H]2[C@H](O)[C@H](O)[C@H](O)O[C@@H]2CO[C@H]2OC[C@@H](O)[C@H](O)[C@H]2O)[C@H](O)[C@@H](O)[C@@H]1O. The van der Waals surface area contributed by atoms with Gasteiger partial charge in [0.1, 0.15) is 67.1 Å². The van der Waals surface area contributed by atoms with E-state index in [0.29, 0.717) is 0 Å². The standard InChI is InChI=1S/C17H30O15/c18-1-5-8(21)9(22)13(26)17(31-5)32-14-6(30-15(27)11(24)10(14)23)3-29-16-12(25)7(20)4(19)2-28-16/h4-27H,1-3H2/t4-,5-,6-,7+,8-,9+,10-,11+,12-,13-,14-,15-,16-,17+/m1/s1. The van der Waals surface area contributed by atoms with Gasteiger partial charge < -0.3 is 74.7 Å². The Morgan fingerprint density at radius 2 is 1.31 bits per heavy atom. The largest absolute Gasteiger partial charge is 0.394 e. The summed E-state index contributed by atoms with van der Waals surface area (Å²) in [6.45, 7) is -1.61. The normalized spacial score (nSPS) is 52.7. The molecule has 3 rings (SSSR count). The number of rotatable bonds is 6. The average molecular weight is 474 g/mol. The molecule has 0 aromatic heterocycles. The topological polar surface area (TPSA) is 248 Å². The van der Waals surface area contributed by atoms with Crippen LogP contribution in [0.4, 0.5) is 0 Å². The van der Waals surface area contributed by atoms with Crippen molar-refractivity contribution in [2.45, 2.75) is 86.0 Å². The van der Waals surface area contributed by atoms with E-state index >= 15 is 0 Å². The van der Waals surface area contributed by atoms with Gasteiger partial charge in [0.05, 0.1) is 19.8 Å². The fraction of sp³-hybridized carbons (Fsp3) is 1.00. The zero-order valence-corrected chi connectivity index (χ0v) is 16.7. The molecule has 10 N–H and O–H groups in total. The fourth-order valence-corrected chi connectivity index (χ4v) is 3.67. The van der Waals surface area contributed by atoms with Crippen molar-refractivity contribution in [2.75, 3.05) is 19.8 Å². The molecule has 188 valence electrons. The maximum atomic E-state index is 10.4. The van der Waals surface area contributed by atoms with Gasteiger partial charge in [-0.2, -0.15) is 0 Å². The van der Waals surface area contributed by atoms with Crippen molar-refractivity contribution in [3.05, 3.63) is 0 Å². The van der Waals surface area contributed by atoms with Crippen LogP contribution in [-0.2, 0) is 23.7 Å². The van der Waals surface area contributed by atoms with Gasteiger partial charge >= 0.3 is 0 Å². The zero-order valence-electron chi connectivity index (χ0n) is 16.7. The Kier molecular flexibility index (Phi) is 8.75. The highest BCUT2D eigenvalue weighted by atomic mass is 16.7. The van der Waals surface area contributed by atoms with Gasteiger partial charge in [-0.25, -0.2) is 0 Å².